The summed E-state index contributed by atoms with van der Waals surface area (Å²) in [4.78, 5) is 23.3. The minimum absolute atomic E-state index is 0.0117. The topological polar surface area (TPSA) is 88.8 Å². The Morgan fingerprint density at radius 1 is 1.29 bits per heavy atom. The molecule has 0 unspecified atom stereocenters. The number of rotatable bonds is 6. The first-order chi connectivity index (χ1) is 11.3. The number of carbonyl (C=O) groups is 2. The lowest BCUT2D eigenvalue weighted by Crippen LogP contribution is -2.17. The number of carbonyl (C=O) groups excluding carboxylic acids is 1. The van der Waals surface area contributed by atoms with Crippen molar-refractivity contribution in [2.75, 3.05) is 5.32 Å². The number of alkyl halides is 2. The van der Waals surface area contributed by atoms with E-state index in [9.17, 15) is 18.4 Å². The molecule has 6 nitrogen and oxygen atoms in total. The van der Waals surface area contributed by atoms with Gasteiger partial charge in [0.05, 0.1) is 17.5 Å². The summed E-state index contributed by atoms with van der Waals surface area (Å²) in [6.45, 7) is 0.160. The number of ether oxygens (including phenoxy) is 1. The second kappa shape index (κ2) is 7.12. The third-order valence-electron chi connectivity index (χ3n) is 3.28. The van der Waals surface area contributed by atoms with E-state index in [0.717, 1.165) is 0 Å². The maximum absolute atomic E-state index is 12.5. The molecular weight excluding hydrogens is 324 g/mol. The van der Waals surface area contributed by atoms with Gasteiger partial charge < -0.3 is 19.6 Å². The van der Waals surface area contributed by atoms with Crippen molar-refractivity contribution in [1.29, 1.82) is 0 Å². The van der Waals surface area contributed by atoms with Gasteiger partial charge in [-0.25, -0.2) is 0 Å². The molecule has 128 valence electrons. The van der Waals surface area contributed by atoms with E-state index in [1.54, 1.807) is 19.9 Å². The molecule has 0 spiro atoms. The van der Waals surface area contributed by atoms with E-state index in [1.165, 1.54) is 18.4 Å². The van der Waals surface area contributed by atoms with Crippen molar-refractivity contribution in [2.45, 2.75) is 26.9 Å². The van der Waals surface area contributed by atoms with Crippen LogP contribution in [-0.2, 0) is 11.2 Å². The molecule has 0 aliphatic heterocycles. The van der Waals surface area contributed by atoms with Gasteiger partial charge in [0.15, 0.2) is 0 Å². The van der Waals surface area contributed by atoms with Gasteiger partial charge >= 0.3 is 12.6 Å². The lowest BCUT2D eigenvalue weighted by Gasteiger charge is -2.14. The molecule has 0 fully saturated rings. The van der Waals surface area contributed by atoms with Crippen LogP contribution in [0, 0.1) is 13.8 Å². The van der Waals surface area contributed by atoms with Crippen LogP contribution in [0.2, 0.25) is 0 Å². The highest BCUT2D eigenvalue weighted by molar-refractivity contribution is 6.07. The fourth-order valence-electron chi connectivity index (χ4n) is 2.24. The molecule has 1 amide bonds. The molecule has 0 atom stereocenters. The number of nitrogens with one attached hydrogen (secondary N) is 1. The molecule has 0 radical (unpaired) electrons. The summed E-state index contributed by atoms with van der Waals surface area (Å²) in [5.74, 6) is -2.01. The number of hydrogen-bond donors (Lipinski definition) is 2. The maximum Gasteiger partial charge on any atom is 0.387 e. The van der Waals surface area contributed by atoms with Gasteiger partial charge in [0.25, 0.3) is 5.91 Å². The number of aryl methyl sites for hydroxylation is 2. The van der Waals surface area contributed by atoms with Crippen molar-refractivity contribution in [2.24, 2.45) is 0 Å². The molecule has 8 heteroatoms. The van der Waals surface area contributed by atoms with E-state index in [4.69, 9.17) is 9.52 Å². The lowest BCUT2D eigenvalue weighted by molar-refractivity contribution is -0.136. The van der Waals surface area contributed by atoms with Gasteiger partial charge in [-0.15, -0.1) is 0 Å². The highest BCUT2D eigenvalue weighted by Gasteiger charge is 2.22. The summed E-state index contributed by atoms with van der Waals surface area (Å²) in [6.07, 6.45) is 0.798. The van der Waals surface area contributed by atoms with Crippen LogP contribution in [0.3, 0.4) is 0 Å². The molecule has 2 N–H and O–H groups in total. The average Bonchev–Trinajstić information content (AvgIpc) is 2.82. The van der Waals surface area contributed by atoms with Gasteiger partial charge in [0, 0.05) is 5.56 Å². The number of benzene rings is 1. The molecule has 0 aliphatic rings. The SMILES string of the molecule is Cc1cccc(OC(F)F)c1NC(=O)c1c(C)coc1CC(=O)O. The molecule has 24 heavy (non-hydrogen) atoms. The fourth-order valence-corrected chi connectivity index (χ4v) is 2.24. The van der Waals surface area contributed by atoms with Crippen molar-refractivity contribution >= 4 is 17.6 Å². The fraction of sp³-hybridized carbons (Fsp3) is 0.250. The first kappa shape index (κ1) is 17.5. The molecule has 0 saturated carbocycles. The standard InChI is InChI=1S/C16H15F2NO5/c1-8-4-3-5-10(24-16(17)18)14(8)19-15(22)13-9(2)7-23-11(13)6-12(20)21/h3-5,7,16H,6H2,1-2H3,(H,19,22)(H,20,21). The number of furan rings is 1. The molecule has 0 aliphatic carbocycles. The van der Waals surface area contributed by atoms with E-state index < -0.39 is 24.9 Å². The number of para-hydroxylation sites is 1. The molecule has 2 rings (SSSR count). The Balaban J connectivity index is 2.34. The summed E-state index contributed by atoms with van der Waals surface area (Å²) in [5, 5.41) is 11.4. The van der Waals surface area contributed by atoms with E-state index in [-0.39, 0.29) is 22.8 Å². The zero-order valence-corrected chi connectivity index (χ0v) is 12.9. The van der Waals surface area contributed by atoms with Gasteiger partial charge in [-0.05, 0) is 25.5 Å². The third-order valence-corrected chi connectivity index (χ3v) is 3.28. The quantitative estimate of drug-likeness (QED) is 0.842. The zero-order valence-electron chi connectivity index (χ0n) is 12.9. The van der Waals surface area contributed by atoms with Gasteiger partial charge in [-0.3, -0.25) is 9.59 Å². The Morgan fingerprint density at radius 2 is 2.00 bits per heavy atom. The van der Waals surface area contributed by atoms with E-state index in [0.29, 0.717) is 11.1 Å². The van der Waals surface area contributed by atoms with Gasteiger partial charge in [0.2, 0.25) is 0 Å². The smallest absolute Gasteiger partial charge is 0.387 e. The van der Waals surface area contributed by atoms with E-state index >= 15 is 0 Å². The number of amides is 1. The minimum Gasteiger partial charge on any atom is -0.481 e. The summed E-state index contributed by atoms with van der Waals surface area (Å²) in [7, 11) is 0. The Morgan fingerprint density at radius 3 is 2.62 bits per heavy atom. The van der Waals surface area contributed by atoms with Crippen molar-refractivity contribution in [3.63, 3.8) is 0 Å². The first-order valence-electron chi connectivity index (χ1n) is 6.94. The molecule has 2 aromatic rings. The largest absolute Gasteiger partial charge is 0.481 e. The molecule has 1 aromatic heterocycles. The highest BCUT2D eigenvalue weighted by Crippen LogP contribution is 2.30. The molecule has 1 aromatic carbocycles. The van der Waals surface area contributed by atoms with Crippen molar-refractivity contribution < 1.29 is 32.6 Å². The van der Waals surface area contributed by atoms with Crippen LogP contribution in [-0.4, -0.2) is 23.6 Å². The molecular formula is C16H15F2NO5. The van der Waals surface area contributed by atoms with Gasteiger partial charge in [-0.2, -0.15) is 8.78 Å². The molecule has 1 heterocycles. The van der Waals surface area contributed by atoms with Crippen LogP contribution >= 0.6 is 0 Å². The van der Waals surface area contributed by atoms with Crippen LogP contribution in [0.25, 0.3) is 0 Å². The third kappa shape index (κ3) is 3.89. The van der Waals surface area contributed by atoms with Crippen LogP contribution in [0.5, 0.6) is 5.75 Å². The predicted molar refractivity (Wildman–Crippen MR) is 80.5 cm³/mol. The second-order valence-electron chi connectivity index (χ2n) is 5.07. The minimum atomic E-state index is -3.04. The van der Waals surface area contributed by atoms with Crippen LogP contribution in [0.15, 0.2) is 28.9 Å². The highest BCUT2D eigenvalue weighted by atomic mass is 19.3. The summed E-state index contributed by atoms with van der Waals surface area (Å²) in [5.41, 5.74) is 1.10. The number of hydrogen-bond acceptors (Lipinski definition) is 4. The summed E-state index contributed by atoms with van der Waals surface area (Å²) >= 11 is 0. The Hall–Kier alpha value is -2.90. The normalized spacial score (nSPS) is 10.7. The molecule has 0 saturated heterocycles. The van der Waals surface area contributed by atoms with Gasteiger partial charge in [0.1, 0.15) is 17.9 Å². The van der Waals surface area contributed by atoms with Crippen LogP contribution < -0.4 is 10.1 Å². The van der Waals surface area contributed by atoms with Crippen molar-refractivity contribution in [3.05, 3.63) is 46.9 Å². The van der Waals surface area contributed by atoms with E-state index in [1.807, 2.05) is 0 Å². The average molecular weight is 339 g/mol. The number of anilines is 1. The van der Waals surface area contributed by atoms with E-state index in [2.05, 4.69) is 10.1 Å². The maximum atomic E-state index is 12.5. The monoisotopic (exact) mass is 339 g/mol. The Kier molecular flexibility index (Phi) is 5.18. The number of carboxylic acids is 1. The summed E-state index contributed by atoms with van der Waals surface area (Å²) < 4.78 is 34.5. The lowest BCUT2D eigenvalue weighted by atomic mass is 10.1. The molecule has 0 bridgehead atoms. The zero-order chi connectivity index (χ0) is 17.9. The van der Waals surface area contributed by atoms with Crippen molar-refractivity contribution in [3.8, 4) is 5.75 Å². The number of aliphatic carboxylic acids is 1. The van der Waals surface area contributed by atoms with Crippen LogP contribution in [0.1, 0.15) is 27.2 Å². The Labute approximate surface area is 136 Å². The van der Waals surface area contributed by atoms with Crippen LogP contribution in [0.4, 0.5) is 14.5 Å². The van der Waals surface area contributed by atoms with Gasteiger partial charge in [-0.1, -0.05) is 12.1 Å². The summed E-state index contributed by atoms with van der Waals surface area (Å²) in [6, 6.07) is 4.44. The number of carboxylic acid groups (broad SMARTS) is 1. The number of halogens is 2. The first-order valence-corrected chi connectivity index (χ1v) is 6.94. The Bertz CT molecular complexity index is 770. The predicted octanol–water partition coefficient (Wildman–Crippen LogP) is 3.38. The second-order valence-corrected chi connectivity index (χ2v) is 5.07. The van der Waals surface area contributed by atoms with Crippen molar-refractivity contribution in [1.82, 2.24) is 0 Å².